The summed E-state index contributed by atoms with van der Waals surface area (Å²) >= 11 is 0. The number of aromatic nitrogens is 3. The number of rotatable bonds is 9. The van der Waals surface area contributed by atoms with E-state index in [1.54, 1.807) is 6.20 Å². The molecule has 0 aliphatic carbocycles. The molecule has 1 aromatic heterocycles. The molecule has 19 heavy (non-hydrogen) atoms. The molecule has 0 saturated carbocycles. The molecule has 0 aromatic carbocycles. The molecule has 0 bridgehead atoms. The molecule has 1 heterocycles. The van der Waals surface area contributed by atoms with Crippen LogP contribution in [0.4, 0.5) is 0 Å². The van der Waals surface area contributed by atoms with E-state index in [0.717, 1.165) is 12.8 Å². The van der Waals surface area contributed by atoms with E-state index in [1.807, 2.05) is 0 Å². The lowest BCUT2D eigenvalue weighted by atomic mass is 10.0. The molecule has 1 aromatic rings. The van der Waals surface area contributed by atoms with E-state index >= 15 is 0 Å². The van der Waals surface area contributed by atoms with Gasteiger partial charge >= 0.3 is 5.97 Å². The zero-order valence-corrected chi connectivity index (χ0v) is 11.8. The SMILES string of the molecule is CCCCC(CC)COC(=O)Cn1cc(CN)nn1. The van der Waals surface area contributed by atoms with Crippen LogP contribution in [0.3, 0.4) is 0 Å². The van der Waals surface area contributed by atoms with E-state index in [4.69, 9.17) is 10.5 Å². The lowest BCUT2D eigenvalue weighted by Crippen LogP contribution is -2.18. The Bertz CT molecular complexity index is 378. The average Bonchev–Trinajstić information content (AvgIpc) is 2.86. The molecule has 0 amide bonds. The van der Waals surface area contributed by atoms with Crippen LogP contribution >= 0.6 is 0 Å². The second-order valence-corrected chi connectivity index (χ2v) is 4.71. The van der Waals surface area contributed by atoms with Gasteiger partial charge in [-0.05, 0) is 12.3 Å². The number of nitrogens with two attached hydrogens (primary N) is 1. The van der Waals surface area contributed by atoms with Crippen molar-refractivity contribution in [1.29, 1.82) is 0 Å². The Balaban J connectivity index is 2.30. The molecule has 1 unspecified atom stereocenters. The number of hydrogen-bond donors (Lipinski definition) is 1. The Labute approximate surface area is 114 Å². The predicted octanol–water partition coefficient (Wildman–Crippen LogP) is 1.50. The Morgan fingerprint density at radius 2 is 2.32 bits per heavy atom. The molecule has 0 saturated heterocycles. The van der Waals surface area contributed by atoms with Crippen molar-refractivity contribution in [2.24, 2.45) is 11.7 Å². The van der Waals surface area contributed by atoms with E-state index < -0.39 is 0 Å². The maximum Gasteiger partial charge on any atom is 0.327 e. The number of unbranched alkanes of at least 4 members (excludes halogenated alkanes) is 1. The number of ether oxygens (including phenoxy) is 1. The molecule has 2 N–H and O–H groups in total. The van der Waals surface area contributed by atoms with Gasteiger partial charge in [0.05, 0.1) is 18.5 Å². The summed E-state index contributed by atoms with van der Waals surface area (Å²) in [5, 5.41) is 7.63. The Hall–Kier alpha value is -1.43. The van der Waals surface area contributed by atoms with Crippen LogP contribution in [0, 0.1) is 5.92 Å². The summed E-state index contributed by atoms with van der Waals surface area (Å²) in [7, 11) is 0. The van der Waals surface area contributed by atoms with Crippen molar-refractivity contribution in [3.63, 3.8) is 0 Å². The standard InChI is InChI=1S/C13H24N4O2/c1-3-5-6-11(4-2)10-19-13(18)9-17-8-12(7-14)15-16-17/h8,11H,3-7,9-10,14H2,1-2H3. The fourth-order valence-electron chi connectivity index (χ4n) is 1.80. The summed E-state index contributed by atoms with van der Waals surface area (Å²) in [6, 6.07) is 0. The summed E-state index contributed by atoms with van der Waals surface area (Å²) in [6.07, 6.45) is 6.16. The normalized spacial score (nSPS) is 12.4. The first-order valence-electron chi connectivity index (χ1n) is 6.94. The van der Waals surface area contributed by atoms with Gasteiger partial charge in [-0.1, -0.05) is 38.3 Å². The van der Waals surface area contributed by atoms with Crippen molar-refractivity contribution in [3.8, 4) is 0 Å². The number of esters is 1. The highest BCUT2D eigenvalue weighted by Crippen LogP contribution is 2.12. The van der Waals surface area contributed by atoms with Crippen LogP contribution in [0.5, 0.6) is 0 Å². The van der Waals surface area contributed by atoms with Gasteiger partial charge in [-0.3, -0.25) is 4.79 Å². The molecule has 6 heteroatoms. The zero-order valence-electron chi connectivity index (χ0n) is 11.8. The van der Waals surface area contributed by atoms with E-state index in [1.165, 1.54) is 17.5 Å². The molecule has 1 rings (SSSR count). The van der Waals surface area contributed by atoms with Crippen LogP contribution < -0.4 is 5.73 Å². The van der Waals surface area contributed by atoms with Crippen LogP contribution in [-0.4, -0.2) is 27.6 Å². The van der Waals surface area contributed by atoms with Gasteiger partial charge in [-0.2, -0.15) is 0 Å². The average molecular weight is 268 g/mol. The first-order chi connectivity index (χ1) is 9.19. The third kappa shape index (κ3) is 5.83. The van der Waals surface area contributed by atoms with Crippen LogP contribution in [0.1, 0.15) is 45.2 Å². The molecule has 0 radical (unpaired) electrons. The first kappa shape index (κ1) is 15.6. The first-order valence-corrected chi connectivity index (χ1v) is 6.94. The topological polar surface area (TPSA) is 83.0 Å². The summed E-state index contributed by atoms with van der Waals surface area (Å²) in [4.78, 5) is 11.7. The fourth-order valence-corrected chi connectivity index (χ4v) is 1.80. The lowest BCUT2D eigenvalue weighted by molar-refractivity contribution is -0.146. The monoisotopic (exact) mass is 268 g/mol. The zero-order chi connectivity index (χ0) is 14.1. The van der Waals surface area contributed by atoms with E-state index in [-0.39, 0.29) is 12.5 Å². The molecule has 0 aliphatic rings. The van der Waals surface area contributed by atoms with Crippen LogP contribution in [0.2, 0.25) is 0 Å². The minimum atomic E-state index is -0.275. The van der Waals surface area contributed by atoms with Crippen LogP contribution in [0.25, 0.3) is 0 Å². The highest BCUT2D eigenvalue weighted by Gasteiger charge is 2.11. The van der Waals surface area contributed by atoms with Gasteiger partial charge in [-0.25, -0.2) is 4.68 Å². The number of hydrogen-bond acceptors (Lipinski definition) is 5. The van der Waals surface area contributed by atoms with Crippen molar-refractivity contribution in [3.05, 3.63) is 11.9 Å². The third-order valence-corrected chi connectivity index (χ3v) is 3.11. The summed E-state index contributed by atoms with van der Waals surface area (Å²) in [5.41, 5.74) is 6.09. The lowest BCUT2D eigenvalue weighted by Gasteiger charge is -2.14. The van der Waals surface area contributed by atoms with Crippen LogP contribution in [-0.2, 0) is 22.6 Å². The van der Waals surface area contributed by atoms with Gasteiger partial charge in [0.1, 0.15) is 6.54 Å². The Kier molecular flexibility index (Phi) is 7.10. The van der Waals surface area contributed by atoms with Crippen molar-refractivity contribution < 1.29 is 9.53 Å². The Morgan fingerprint density at radius 1 is 1.53 bits per heavy atom. The van der Waals surface area contributed by atoms with E-state index in [2.05, 4.69) is 24.2 Å². The molecule has 1 atom stereocenters. The molecule has 0 aliphatic heterocycles. The van der Waals surface area contributed by atoms with Gasteiger partial charge < -0.3 is 10.5 Å². The number of carbonyl (C=O) groups is 1. The van der Waals surface area contributed by atoms with Crippen molar-refractivity contribution in [2.45, 2.75) is 52.6 Å². The van der Waals surface area contributed by atoms with Crippen molar-refractivity contribution >= 4 is 5.97 Å². The summed E-state index contributed by atoms with van der Waals surface area (Å²) in [6.45, 7) is 5.20. The maximum absolute atomic E-state index is 11.7. The fraction of sp³-hybridized carbons (Fsp3) is 0.769. The molecular weight excluding hydrogens is 244 g/mol. The van der Waals surface area contributed by atoms with Crippen molar-refractivity contribution in [2.75, 3.05) is 6.61 Å². The minimum Gasteiger partial charge on any atom is -0.464 e. The molecule has 108 valence electrons. The largest absolute Gasteiger partial charge is 0.464 e. The van der Waals surface area contributed by atoms with Crippen LogP contribution in [0.15, 0.2) is 6.20 Å². The van der Waals surface area contributed by atoms with Gasteiger partial charge in [0.25, 0.3) is 0 Å². The molecule has 0 fully saturated rings. The smallest absolute Gasteiger partial charge is 0.327 e. The molecule has 6 nitrogen and oxygen atoms in total. The quantitative estimate of drug-likeness (QED) is 0.686. The highest BCUT2D eigenvalue weighted by molar-refractivity contribution is 5.68. The number of carbonyl (C=O) groups excluding carboxylic acids is 1. The highest BCUT2D eigenvalue weighted by atomic mass is 16.5. The van der Waals surface area contributed by atoms with Crippen molar-refractivity contribution in [1.82, 2.24) is 15.0 Å². The maximum atomic E-state index is 11.7. The third-order valence-electron chi connectivity index (χ3n) is 3.11. The summed E-state index contributed by atoms with van der Waals surface area (Å²) in [5.74, 6) is 0.183. The minimum absolute atomic E-state index is 0.0945. The second-order valence-electron chi connectivity index (χ2n) is 4.71. The number of nitrogens with zero attached hydrogens (tertiary/aromatic N) is 3. The Morgan fingerprint density at radius 3 is 2.89 bits per heavy atom. The van der Waals surface area contributed by atoms with Gasteiger partial charge in [0.15, 0.2) is 0 Å². The van der Waals surface area contributed by atoms with E-state index in [9.17, 15) is 4.79 Å². The summed E-state index contributed by atoms with van der Waals surface area (Å²) < 4.78 is 6.74. The van der Waals surface area contributed by atoms with E-state index in [0.29, 0.717) is 24.8 Å². The van der Waals surface area contributed by atoms with Gasteiger partial charge in [0.2, 0.25) is 0 Å². The van der Waals surface area contributed by atoms with Gasteiger partial charge in [-0.15, -0.1) is 5.10 Å². The molecular formula is C13H24N4O2. The predicted molar refractivity (Wildman–Crippen MR) is 72.2 cm³/mol. The molecule has 0 spiro atoms. The van der Waals surface area contributed by atoms with Gasteiger partial charge in [0, 0.05) is 6.54 Å². The second kappa shape index (κ2) is 8.63.